The van der Waals surface area contributed by atoms with Crippen LogP contribution in [0.4, 0.5) is 5.00 Å². The van der Waals surface area contributed by atoms with Gasteiger partial charge in [0.05, 0.1) is 6.10 Å². The van der Waals surface area contributed by atoms with E-state index >= 15 is 0 Å². The first kappa shape index (κ1) is 18.5. The molecule has 3 rings (SSSR count). The van der Waals surface area contributed by atoms with E-state index in [0.717, 1.165) is 26.3 Å². The van der Waals surface area contributed by atoms with E-state index in [-0.39, 0.29) is 12.0 Å². The van der Waals surface area contributed by atoms with Crippen LogP contribution in [0.15, 0.2) is 58.9 Å². The molecule has 0 atom stereocenters. The highest BCUT2D eigenvalue weighted by Gasteiger charge is 2.16. The predicted molar refractivity (Wildman–Crippen MR) is 109 cm³/mol. The molecule has 0 aliphatic carbocycles. The highest BCUT2D eigenvalue weighted by Crippen LogP contribution is 2.37. The Hall–Kier alpha value is -2.31. The maximum absolute atomic E-state index is 12.6. The molecule has 3 aromatic rings. The van der Waals surface area contributed by atoms with Crippen molar-refractivity contribution in [3.63, 3.8) is 0 Å². The number of nitrogens with zero attached hydrogens (tertiary/aromatic N) is 1. The molecular weight excluding hydrogens is 364 g/mol. The largest absolute Gasteiger partial charge is 0.491 e. The second kappa shape index (κ2) is 8.38. The Balaban J connectivity index is 1.82. The van der Waals surface area contributed by atoms with Crippen LogP contribution in [0.25, 0.3) is 11.3 Å². The van der Waals surface area contributed by atoms with Gasteiger partial charge in [-0.15, -0.1) is 0 Å². The molecule has 0 aliphatic rings. The van der Waals surface area contributed by atoms with E-state index in [2.05, 4.69) is 10.3 Å². The number of rotatable bonds is 6. The summed E-state index contributed by atoms with van der Waals surface area (Å²) in [6.45, 7) is 3.94. The number of ether oxygens (including phenoxy) is 1. The summed E-state index contributed by atoms with van der Waals surface area (Å²) in [6.07, 6.45) is 2.08. The molecule has 134 valence electrons. The first-order valence-electron chi connectivity index (χ1n) is 8.25. The molecule has 1 N–H and O–H groups in total. The molecule has 0 bridgehead atoms. The van der Waals surface area contributed by atoms with Gasteiger partial charge in [0, 0.05) is 11.1 Å². The molecule has 0 fully saturated rings. The second-order valence-electron chi connectivity index (χ2n) is 5.87. The topological polar surface area (TPSA) is 51.2 Å². The first-order chi connectivity index (χ1) is 12.6. The summed E-state index contributed by atoms with van der Waals surface area (Å²) in [7, 11) is 0. The van der Waals surface area contributed by atoms with Crippen molar-refractivity contribution in [2.75, 3.05) is 11.6 Å². The number of thiazole rings is 1. The normalized spacial score (nSPS) is 10.8. The maximum atomic E-state index is 12.6. The van der Waals surface area contributed by atoms with Crippen molar-refractivity contribution in [1.82, 2.24) is 4.98 Å². The molecule has 0 unspecified atom stereocenters. The van der Waals surface area contributed by atoms with Crippen LogP contribution < -0.4 is 10.1 Å². The van der Waals surface area contributed by atoms with Crippen LogP contribution in [0.1, 0.15) is 24.2 Å². The van der Waals surface area contributed by atoms with E-state index < -0.39 is 0 Å². The van der Waals surface area contributed by atoms with Crippen LogP contribution >= 0.6 is 23.1 Å². The van der Waals surface area contributed by atoms with Gasteiger partial charge in [0.25, 0.3) is 5.91 Å². The van der Waals surface area contributed by atoms with Gasteiger partial charge in [-0.05, 0) is 44.4 Å². The smallest absolute Gasteiger partial charge is 0.256 e. The Bertz CT molecular complexity index is 875. The number of hydrogen-bond acceptors (Lipinski definition) is 5. The van der Waals surface area contributed by atoms with E-state index in [1.807, 2.05) is 62.6 Å². The molecule has 0 spiro atoms. The van der Waals surface area contributed by atoms with E-state index in [4.69, 9.17) is 4.74 Å². The fourth-order valence-electron chi connectivity index (χ4n) is 2.40. The van der Waals surface area contributed by atoms with Gasteiger partial charge in [0.2, 0.25) is 0 Å². The molecule has 2 aromatic carbocycles. The molecule has 0 radical (unpaired) electrons. The third-order valence-electron chi connectivity index (χ3n) is 3.54. The van der Waals surface area contributed by atoms with Gasteiger partial charge in [-0.2, -0.15) is 0 Å². The van der Waals surface area contributed by atoms with Crippen molar-refractivity contribution in [2.45, 2.75) is 24.3 Å². The van der Waals surface area contributed by atoms with Gasteiger partial charge in [-0.3, -0.25) is 4.79 Å². The van der Waals surface area contributed by atoms with E-state index in [1.54, 1.807) is 23.9 Å². The molecule has 1 heterocycles. The first-order valence-corrected chi connectivity index (χ1v) is 10.3. The van der Waals surface area contributed by atoms with Gasteiger partial charge in [0.15, 0.2) is 4.34 Å². The monoisotopic (exact) mass is 384 g/mol. The summed E-state index contributed by atoms with van der Waals surface area (Å²) >= 11 is 3.05. The van der Waals surface area contributed by atoms with Crippen molar-refractivity contribution < 1.29 is 9.53 Å². The number of benzene rings is 2. The number of carbonyl (C=O) groups is 1. The fourth-order valence-corrected chi connectivity index (χ4v) is 3.88. The Morgan fingerprint density at radius 3 is 2.42 bits per heavy atom. The highest BCUT2D eigenvalue weighted by atomic mass is 32.2. The predicted octanol–water partition coefficient (Wildman–Crippen LogP) is 5.57. The van der Waals surface area contributed by atoms with Crippen molar-refractivity contribution in [2.24, 2.45) is 0 Å². The van der Waals surface area contributed by atoms with E-state index in [0.29, 0.717) is 5.56 Å². The molecule has 6 heteroatoms. The summed E-state index contributed by atoms with van der Waals surface area (Å²) in [5.41, 5.74) is 2.37. The zero-order valence-corrected chi connectivity index (χ0v) is 16.5. The Morgan fingerprint density at radius 2 is 1.81 bits per heavy atom. The summed E-state index contributed by atoms with van der Waals surface area (Å²) in [6, 6.07) is 17.0. The highest BCUT2D eigenvalue weighted by molar-refractivity contribution is 8.00. The minimum atomic E-state index is -0.158. The molecule has 1 aromatic heterocycles. The average Bonchev–Trinajstić information content (AvgIpc) is 3.05. The van der Waals surface area contributed by atoms with E-state index in [1.165, 1.54) is 11.3 Å². The lowest BCUT2D eigenvalue weighted by molar-refractivity contribution is 0.102. The zero-order chi connectivity index (χ0) is 18.5. The number of hydrogen-bond donors (Lipinski definition) is 1. The molecule has 0 saturated carbocycles. The van der Waals surface area contributed by atoms with E-state index in [9.17, 15) is 4.79 Å². The molecule has 1 amide bonds. The minimum absolute atomic E-state index is 0.102. The summed E-state index contributed by atoms with van der Waals surface area (Å²) in [4.78, 5) is 17.3. The Kier molecular flexibility index (Phi) is 5.96. The van der Waals surface area contributed by atoms with Gasteiger partial charge < -0.3 is 10.1 Å². The summed E-state index contributed by atoms with van der Waals surface area (Å²) in [5, 5.41) is 3.76. The Morgan fingerprint density at radius 1 is 1.12 bits per heavy atom. The van der Waals surface area contributed by atoms with Crippen LogP contribution in [0, 0.1) is 0 Å². The quantitative estimate of drug-likeness (QED) is 0.564. The van der Waals surface area contributed by atoms with Crippen LogP contribution in [-0.2, 0) is 0 Å². The van der Waals surface area contributed by atoms with Crippen LogP contribution in [0.2, 0.25) is 0 Å². The standard InChI is InChI=1S/C20H20N2O2S2/c1-13(2)24-16-11-9-15(10-12-16)18(23)22-19-17(21-20(25-3)26-19)14-7-5-4-6-8-14/h4-13H,1-3H3,(H,22,23). The zero-order valence-electron chi connectivity index (χ0n) is 14.9. The third-order valence-corrected chi connectivity index (χ3v) is 5.50. The fraction of sp³-hybridized carbons (Fsp3) is 0.200. The summed E-state index contributed by atoms with van der Waals surface area (Å²) in [5.74, 6) is 0.596. The van der Waals surface area contributed by atoms with Crippen LogP contribution in [0.5, 0.6) is 5.75 Å². The SMILES string of the molecule is CSc1nc(-c2ccccc2)c(NC(=O)c2ccc(OC(C)C)cc2)s1. The second-order valence-corrected chi connectivity index (χ2v) is 7.93. The molecule has 4 nitrogen and oxygen atoms in total. The number of thioether (sulfide) groups is 1. The van der Waals surface area contributed by atoms with Crippen molar-refractivity contribution >= 4 is 34.0 Å². The van der Waals surface area contributed by atoms with Crippen LogP contribution in [0.3, 0.4) is 0 Å². The maximum Gasteiger partial charge on any atom is 0.256 e. The lowest BCUT2D eigenvalue weighted by Crippen LogP contribution is -2.12. The average molecular weight is 385 g/mol. The third kappa shape index (κ3) is 4.45. The number of amides is 1. The Labute approximate surface area is 161 Å². The van der Waals surface area contributed by atoms with Crippen LogP contribution in [-0.4, -0.2) is 23.3 Å². The van der Waals surface area contributed by atoms with Gasteiger partial charge in [-0.1, -0.05) is 53.4 Å². The number of aromatic nitrogens is 1. The lowest BCUT2D eigenvalue weighted by Gasteiger charge is -2.10. The number of anilines is 1. The number of nitrogens with one attached hydrogen (secondary N) is 1. The molecule has 26 heavy (non-hydrogen) atoms. The van der Waals surface area contributed by atoms with Gasteiger partial charge in [-0.25, -0.2) is 4.98 Å². The lowest BCUT2D eigenvalue weighted by atomic mass is 10.1. The minimum Gasteiger partial charge on any atom is -0.491 e. The molecular formula is C20H20N2O2S2. The molecule has 0 saturated heterocycles. The van der Waals surface area contributed by atoms with Crippen molar-refractivity contribution in [3.8, 4) is 17.0 Å². The number of carbonyl (C=O) groups excluding carboxylic acids is 1. The van der Waals surface area contributed by atoms with Crippen molar-refractivity contribution in [1.29, 1.82) is 0 Å². The van der Waals surface area contributed by atoms with Gasteiger partial charge in [0.1, 0.15) is 16.4 Å². The van der Waals surface area contributed by atoms with Gasteiger partial charge >= 0.3 is 0 Å². The summed E-state index contributed by atoms with van der Waals surface area (Å²) < 4.78 is 6.54. The van der Waals surface area contributed by atoms with Crippen molar-refractivity contribution in [3.05, 3.63) is 60.2 Å². The molecule has 0 aliphatic heterocycles.